The molecule has 0 bridgehead atoms. The van der Waals surface area contributed by atoms with Gasteiger partial charge in [-0.3, -0.25) is 9.59 Å². The summed E-state index contributed by atoms with van der Waals surface area (Å²) in [6, 6.07) is 20.0. The number of piperazine rings is 1. The Balaban J connectivity index is 1.41. The number of hydrogen-bond acceptors (Lipinski definition) is 7. The summed E-state index contributed by atoms with van der Waals surface area (Å²) in [5, 5.41) is 6.21. The number of rotatable bonds is 10. The van der Waals surface area contributed by atoms with Gasteiger partial charge in [0.15, 0.2) is 11.5 Å². The Kier molecular flexibility index (Phi) is 9.77. The Hall–Kier alpha value is -4.77. The largest absolute Gasteiger partial charge is 0.497 e. The molecule has 45 heavy (non-hydrogen) atoms. The Morgan fingerprint density at radius 3 is 2.20 bits per heavy atom. The number of amides is 4. The van der Waals surface area contributed by atoms with Crippen LogP contribution in [0.1, 0.15) is 22.3 Å². The second-order valence-corrected chi connectivity index (χ2v) is 11.4. The van der Waals surface area contributed by atoms with E-state index in [9.17, 15) is 14.4 Å². The number of carbonyl (C=O) groups excluding carboxylic acids is 3. The van der Waals surface area contributed by atoms with Crippen LogP contribution in [0, 0.1) is 6.92 Å². The number of urea groups is 1. The summed E-state index contributed by atoms with van der Waals surface area (Å²) >= 11 is 0. The minimum atomic E-state index is -0.755. The third kappa shape index (κ3) is 6.99. The molecule has 3 aromatic carbocycles. The van der Waals surface area contributed by atoms with E-state index in [4.69, 9.17) is 14.2 Å². The molecule has 3 aromatic rings. The summed E-state index contributed by atoms with van der Waals surface area (Å²) < 4.78 is 16.1. The van der Waals surface area contributed by atoms with Gasteiger partial charge in [0.2, 0.25) is 11.8 Å². The fourth-order valence-electron chi connectivity index (χ4n) is 5.96. The Labute approximate surface area is 264 Å². The molecule has 0 aliphatic carbocycles. The van der Waals surface area contributed by atoms with E-state index in [2.05, 4.69) is 5.32 Å². The maximum Gasteiger partial charge on any atom is 0.334 e. The highest BCUT2D eigenvalue weighted by molar-refractivity contribution is 5.91. The van der Waals surface area contributed by atoms with Gasteiger partial charge >= 0.3 is 6.03 Å². The number of fused-ring (bicyclic) bond motifs is 1. The van der Waals surface area contributed by atoms with Crippen LogP contribution in [-0.4, -0.2) is 97.9 Å². The monoisotopic (exact) mass is 615 g/mol. The molecule has 0 aromatic heterocycles. The zero-order chi connectivity index (χ0) is 32.1. The number of likely N-dealkylation sites (N-methyl/N-ethyl adjacent to an activating group) is 1. The smallest absolute Gasteiger partial charge is 0.334 e. The molecule has 4 amide bonds. The predicted molar refractivity (Wildman–Crippen MR) is 169 cm³/mol. The molecule has 0 spiro atoms. The van der Waals surface area contributed by atoms with Crippen LogP contribution in [0.4, 0.5) is 4.79 Å². The normalized spacial score (nSPS) is 18.5. The van der Waals surface area contributed by atoms with Crippen molar-refractivity contribution in [2.75, 3.05) is 48.0 Å². The van der Waals surface area contributed by atoms with Gasteiger partial charge in [0.1, 0.15) is 18.0 Å². The van der Waals surface area contributed by atoms with Crippen molar-refractivity contribution in [2.45, 2.75) is 38.5 Å². The summed E-state index contributed by atoms with van der Waals surface area (Å²) in [6.45, 7) is 2.87. The van der Waals surface area contributed by atoms with E-state index < -0.39 is 12.2 Å². The zero-order valence-corrected chi connectivity index (χ0v) is 26.5. The summed E-state index contributed by atoms with van der Waals surface area (Å²) in [4.78, 5) is 44.8. The molecule has 1 N–H and O–H groups in total. The van der Waals surface area contributed by atoms with E-state index in [0.29, 0.717) is 37.4 Å². The maximum atomic E-state index is 14.1. The average Bonchev–Trinajstić information content (AvgIpc) is 3.05. The van der Waals surface area contributed by atoms with E-state index in [-0.39, 0.29) is 30.9 Å². The fourth-order valence-corrected chi connectivity index (χ4v) is 5.96. The number of methoxy groups -OCH3 is 3. The first-order valence-electron chi connectivity index (χ1n) is 15.0. The molecule has 11 heteroatoms. The molecule has 2 heterocycles. The van der Waals surface area contributed by atoms with Crippen LogP contribution in [0.2, 0.25) is 0 Å². The zero-order valence-electron chi connectivity index (χ0n) is 26.5. The highest BCUT2D eigenvalue weighted by Gasteiger charge is 2.50. The van der Waals surface area contributed by atoms with Gasteiger partial charge in [-0.25, -0.2) is 14.8 Å². The van der Waals surface area contributed by atoms with Crippen LogP contribution >= 0.6 is 0 Å². The lowest BCUT2D eigenvalue weighted by Crippen LogP contribution is -2.76. The topological polar surface area (TPSA) is 104 Å². The first-order valence-corrected chi connectivity index (χ1v) is 15.0. The third-order valence-electron chi connectivity index (χ3n) is 8.42. The highest BCUT2D eigenvalue weighted by atomic mass is 16.5. The molecular formula is C34H41N5O6. The second kappa shape index (κ2) is 13.9. The summed E-state index contributed by atoms with van der Waals surface area (Å²) in [5.74, 6) is 1.65. The lowest BCUT2D eigenvalue weighted by molar-refractivity contribution is -0.186. The van der Waals surface area contributed by atoms with Gasteiger partial charge in [-0.05, 0) is 54.3 Å². The van der Waals surface area contributed by atoms with Crippen molar-refractivity contribution in [3.8, 4) is 17.2 Å². The van der Waals surface area contributed by atoms with Crippen molar-refractivity contribution < 1.29 is 28.6 Å². The number of nitrogens with one attached hydrogen (secondary N) is 1. The van der Waals surface area contributed by atoms with Gasteiger partial charge in [0, 0.05) is 26.6 Å². The van der Waals surface area contributed by atoms with Crippen molar-refractivity contribution in [3.63, 3.8) is 0 Å². The van der Waals surface area contributed by atoms with Gasteiger partial charge in [0.05, 0.1) is 34.4 Å². The quantitative estimate of drug-likeness (QED) is 0.374. The van der Waals surface area contributed by atoms with Crippen LogP contribution in [-0.2, 0) is 29.0 Å². The van der Waals surface area contributed by atoms with Crippen molar-refractivity contribution in [2.24, 2.45) is 0 Å². The number of nitrogens with zero attached hydrogens (tertiary/aromatic N) is 4. The SMILES string of the molecule is COc1ccc(CNC(=O)N2[C@H]3CN(CCc4ccc(OC)c(OC)c4)C(=O)[C@H](Cc4ccc(C)cc4)N3C(=O)CN2C)cc1. The number of aryl methyl sites for hydroxylation is 1. The van der Waals surface area contributed by atoms with Crippen LogP contribution in [0.3, 0.4) is 0 Å². The average molecular weight is 616 g/mol. The minimum Gasteiger partial charge on any atom is -0.497 e. The van der Waals surface area contributed by atoms with Crippen LogP contribution in [0.5, 0.6) is 17.2 Å². The predicted octanol–water partition coefficient (Wildman–Crippen LogP) is 3.24. The van der Waals surface area contributed by atoms with E-state index in [1.54, 1.807) is 48.2 Å². The first-order chi connectivity index (χ1) is 21.7. The summed E-state index contributed by atoms with van der Waals surface area (Å²) in [5.41, 5.74) is 3.94. The molecule has 0 radical (unpaired) electrons. The third-order valence-corrected chi connectivity index (χ3v) is 8.42. The van der Waals surface area contributed by atoms with Crippen molar-refractivity contribution in [1.82, 2.24) is 25.1 Å². The molecule has 238 valence electrons. The lowest BCUT2D eigenvalue weighted by atomic mass is 9.98. The van der Waals surface area contributed by atoms with Crippen molar-refractivity contribution in [1.29, 1.82) is 0 Å². The Bertz CT molecular complexity index is 1510. The van der Waals surface area contributed by atoms with Crippen LogP contribution in [0.15, 0.2) is 66.7 Å². The van der Waals surface area contributed by atoms with Crippen LogP contribution < -0.4 is 19.5 Å². The van der Waals surface area contributed by atoms with Gasteiger partial charge in [-0.15, -0.1) is 0 Å². The van der Waals surface area contributed by atoms with Crippen molar-refractivity contribution in [3.05, 3.63) is 89.0 Å². The maximum absolute atomic E-state index is 14.1. The number of hydrogen-bond donors (Lipinski definition) is 1. The van der Waals surface area contributed by atoms with E-state index in [1.165, 1.54) is 0 Å². The van der Waals surface area contributed by atoms with Gasteiger partial charge < -0.3 is 29.3 Å². The molecule has 11 nitrogen and oxygen atoms in total. The molecule has 2 fully saturated rings. The molecule has 2 saturated heterocycles. The Morgan fingerprint density at radius 2 is 1.53 bits per heavy atom. The first kappa shape index (κ1) is 31.6. The fraction of sp³-hybridized carbons (Fsp3) is 0.382. The highest BCUT2D eigenvalue weighted by Crippen LogP contribution is 2.30. The minimum absolute atomic E-state index is 0.0181. The summed E-state index contributed by atoms with van der Waals surface area (Å²) in [7, 11) is 6.51. The molecule has 5 rings (SSSR count). The van der Waals surface area contributed by atoms with Crippen molar-refractivity contribution >= 4 is 17.8 Å². The lowest BCUT2D eigenvalue weighted by Gasteiger charge is -2.54. The van der Waals surface area contributed by atoms with E-state index >= 15 is 0 Å². The molecule has 2 aliphatic heterocycles. The number of hydrazine groups is 1. The Morgan fingerprint density at radius 1 is 0.867 bits per heavy atom. The molecule has 0 unspecified atom stereocenters. The molecule has 2 aliphatic rings. The molecule has 0 saturated carbocycles. The van der Waals surface area contributed by atoms with Gasteiger partial charge in [0.25, 0.3) is 0 Å². The second-order valence-electron chi connectivity index (χ2n) is 11.4. The van der Waals surface area contributed by atoms with E-state index in [1.807, 2.05) is 73.7 Å². The van der Waals surface area contributed by atoms with Gasteiger partial charge in [-0.2, -0.15) is 0 Å². The standard InChI is InChI=1S/C34H41N5O6/c1-23-6-8-24(9-7-23)18-28-33(41)37(17-16-25-12-15-29(44-4)30(19-25)45-5)21-31-38(28)32(40)22-36(2)39(31)34(42)35-20-26-10-13-27(43-3)14-11-26/h6-15,19,28,31H,16-18,20-22H2,1-5H3,(H,35,42)/t28-,31-/m0/s1. The molecule has 2 atom stereocenters. The van der Waals surface area contributed by atoms with Crippen LogP contribution in [0.25, 0.3) is 0 Å². The molecular weight excluding hydrogens is 574 g/mol. The number of benzene rings is 3. The van der Waals surface area contributed by atoms with E-state index in [0.717, 1.165) is 28.0 Å². The summed E-state index contributed by atoms with van der Waals surface area (Å²) in [6.07, 6.45) is 0.230. The number of carbonyl (C=O) groups is 3. The van der Waals surface area contributed by atoms with Gasteiger partial charge in [-0.1, -0.05) is 48.0 Å². The number of ether oxygens (including phenoxy) is 3.